The van der Waals surface area contributed by atoms with Gasteiger partial charge in [-0.05, 0) is 72.8 Å². The third-order valence-corrected chi connectivity index (χ3v) is 5.18. The molecule has 0 bridgehead atoms. The molecule has 27 heavy (non-hydrogen) atoms. The van der Waals surface area contributed by atoms with Gasteiger partial charge in [-0.15, -0.1) is 0 Å². The summed E-state index contributed by atoms with van der Waals surface area (Å²) in [7, 11) is 0. The Bertz CT molecular complexity index is 734. The molecule has 1 amide bonds. The van der Waals surface area contributed by atoms with Crippen LogP contribution in [-0.2, 0) is 4.79 Å². The van der Waals surface area contributed by atoms with Crippen LogP contribution in [0.3, 0.4) is 0 Å². The van der Waals surface area contributed by atoms with Crippen LogP contribution in [0.4, 0.5) is 0 Å². The summed E-state index contributed by atoms with van der Waals surface area (Å²) in [6.45, 7) is 6.44. The highest BCUT2D eigenvalue weighted by atomic mass is 79.9. The third kappa shape index (κ3) is 6.00. The summed E-state index contributed by atoms with van der Waals surface area (Å²) in [5.74, 6) is 0.905. The first-order valence-electron chi connectivity index (χ1n) is 9.54. The minimum absolute atomic E-state index is 0.0498. The lowest BCUT2D eigenvalue weighted by Crippen LogP contribution is -2.33. The van der Waals surface area contributed by atoms with Crippen LogP contribution in [0.1, 0.15) is 58.4 Å². The average molecular weight is 435 g/mol. The first-order chi connectivity index (χ1) is 13.0. The number of amides is 1. The number of nitriles is 1. The second kappa shape index (κ2) is 10.4. The molecule has 1 aliphatic carbocycles. The number of ether oxygens (including phenoxy) is 2. The molecule has 5 nitrogen and oxygen atoms in total. The van der Waals surface area contributed by atoms with Gasteiger partial charge < -0.3 is 14.8 Å². The molecule has 0 saturated heterocycles. The SMILES string of the molecule is CCOc1cc(/C=C(/C#N)C(=O)NC2CCCC2)cc(Br)c1O[C@H](C)CC. The Labute approximate surface area is 169 Å². The summed E-state index contributed by atoms with van der Waals surface area (Å²) >= 11 is 3.53. The van der Waals surface area contributed by atoms with Gasteiger partial charge in [-0.2, -0.15) is 5.26 Å². The maximum atomic E-state index is 12.4. The van der Waals surface area contributed by atoms with Gasteiger partial charge in [0.2, 0.25) is 0 Å². The Kier molecular flexibility index (Phi) is 8.18. The molecule has 146 valence electrons. The average Bonchev–Trinajstić information content (AvgIpc) is 3.15. The van der Waals surface area contributed by atoms with E-state index in [1.54, 1.807) is 12.1 Å². The quantitative estimate of drug-likeness (QED) is 0.461. The van der Waals surface area contributed by atoms with Gasteiger partial charge in [0.1, 0.15) is 11.6 Å². The molecule has 1 atom stereocenters. The van der Waals surface area contributed by atoms with Crippen molar-refractivity contribution in [1.29, 1.82) is 5.26 Å². The Balaban J connectivity index is 2.28. The van der Waals surface area contributed by atoms with Crippen LogP contribution in [0.5, 0.6) is 11.5 Å². The van der Waals surface area contributed by atoms with Crippen LogP contribution in [-0.4, -0.2) is 24.7 Å². The summed E-state index contributed by atoms with van der Waals surface area (Å²) < 4.78 is 12.4. The monoisotopic (exact) mass is 434 g/mol. The molecular weight excluding hydrogens is 408 g/mol. The maximum absolute atomic E-state index is 12.4. The lowest BCUT2D eigenvalue weighted by atomic mass is 10.1. The normalized spacial score (nSPS) is 15.9. The molecule has 1 saturated carbocycles. The Hall–Kier alpha value is -2.00. The van der Waals surface area contributed by atoms with E-state index in [9.17, 15) is 10.1 Å². The van der Waals surface area contributed by atoms with E-state index in [1.807, 2.05) is 26.0 Å². The smallest absolute Gasteiger partial charge is 0.262 e. The van der Waals surface area contributed by atoms with Gasteiger partial charge in [-0.1, -0.05) is 19.8 Å². The fourth-order valence-electron chi connectivity index (χ4n) is 2.98. The first kappa shape index (κ1) is 21.3. The molecule has 1 aromatic carbocycles. The van der Waals surface area contributed by atoms with Crippen molar-refractivity contribution in [3.05, 3.63) is 27.7 Å². The van der Waals surface area contributed by atoms with Crippen molar-refractivity contribution < 1.29 is 14.3 Å². The van der Waals surface area contributed by atoms with Crippen molar-refractivity contribution in [2.24, 2.45) is 0 Å². The lowest BCUT2D eigenvalue weighted by molar-refractivity contribution is -0.117. The summed E-state index contributed by atoms with van der Waals surface area (Å²) in [6.07, 6.45) is 6.72. The fourth-order valence-corrected chi connectivity index (χ4v) is 3.53. The van der Waals surface area contributed by atoms with Crippen LogP contribution in [0.25, 0.3) is 6.08 Å². The molecule has 1 fully saturated rings. The summed E-state index contributed by atoms with van der Waals surface area (Å²) in [4.78, 5) is 12.4. The number of benzene rings is 1. The number of nitrogens with zero attached hydrogens (tertiary/aromatic N) is 1. The van der Waals surface area contributed by atoms with Crippen molar-refractivity contribution in [2.45, 2.75) is 65.0 Å². The van der Waals surface area contributed by atoms with Crippen LogP contribution in [0.2, 0.25) is 0 Å². The van der Waals surface area contributed by atoms with Crippen molar-refractivity contribution in [1.82, 2.24) is 5.32 Å². The zero-order valence-electron chi connectivity index (χ0n) is 16.2. The van der Waals surface area contributed by atoms with E-state index < -0.39 is 0 Å². The van der Waals surface area contributed by atoms with Gasteiger partial charge in [0, 0.05) is 6.04 Å². The molecule has 1 N–H and O–H groups in total. The zero-order chi connectivity index (χ0) is 19.8. The van der Waals surface area contributed by atoms with E-state index in [1.165, 1.54) is 0 Å². The van der Waals surface area contributed by atoms with Crippen LogP contribution in [0.15, 0.2) is 22.2 Å². The molecule has 0 aromatic heterocycles. The Morgan fingerprint density at radius 1 is 1.41 bits per heavy atom. The molecule has 1 aromatic rings. The predicted molar refractivity (Wildman–Crippen MR) is 110 cm³/mol. The summed E-state index contributed by atoms with van der Waals surface area (Å²) in [5.41, 5.74) is 0.798. The minimum atomic E-state index is -0.321. The molecule has 0 unspecified atom stereocenters. The molecule has 0 heterocycles. The number of halogens is 1. The second-order valence-corrected chi connectivity index (χ2v) is 7.58. The third-order valence-electron chi connectivity index (χ3n) is 4.59. The van der Waals surface area contributed by atoms with Crippen molar-refractivity contribution >= 4 is 27.9 Å². The molecule has 2 rings (SSSR count). The molecule has 0 aliphatic heterocycles. The van der Waals surface area contributed by atoms with E-state index in [4.69, 9.17) is 9.47 Å². The fraction of sp³-hybridized carbons (Fsp3) is 0.524. The van der Waals surface area contributed by atoms with Crippen molar-refractivity contribution in [3.63, 3.8) is 0 Å². The number of rotatable bonds is 8. The zero-order valence-corrected chi connectivity index (χ0v) is 17.8. The van der Waals surface area contributed by atoms with E-state index in [0.29, 0.717) is 23.7 Å². The topological polar surface area (TPSA) is 71.3 Å². The minimum Gasteiger partial charge on any atom is -0.490 e. The Morgan fingerprint density at radius 2 is 2.11 bits per heavy atom. The van der Waals surface area contributed by atoms with E-state index in [-0.39, 0.29) is 23.6 Å². The highest BCUT2D eigenvalue weighted by molar-refractivity contribution is 9.10. The largest absolute Gasteiger partial charge is 0.490 e. The second-order valence-electron chi connectivity index (χ2n) is 6.72. The van der Waals surface area contributed by atoms with E-state index in [2.05, 4.69) is 28.2 Å². The highest BCUT2D eigenvalue weighted by Crippen LogP contribution is 2.38. The van der Waals surface area contributed by atoms with E-state index >= 15 is 0 Å². The van der Waals surface area contributed by atoms with Crippen molar-refractivity contribution in [2.75, 3.05) is 6.61 Å². The maximum Gasteiger partial charge on any atom is 0.262 e. The molecule has 0 radical (unpaired) electrons. The number of hydrogen-bond acceptors (Lipinski definition) is 4. The number of hydrogen-bond donors (Lipinski definition) is 1. The number of nitrogens with one attached hydrogen (secondary N) is 1. The summed E-state index contributed by atoms with van der Waals surface area (Å²) in [6, 6.07) is 5.82. The first-order valence-corrected chi connectivity index (χ1v) is 10.3. The number of carbonyl (C=O) groups is 1. The van der Waals surface area contributed by atoms with E-state index in [0.717, 1.165) is 36.6 Å². The standard InChI is InChI=1S/C21H27BrN2O3/c1-4-14(3)27-20-18(22)11-15(12-19(20)26-5-2)10-16(13-23)21(25)24-17-8-6-7-9-17/h10-12,14,17H,4-9H2,1-3H3,(H,24,25)/b16-10-/t14-/m1/s1. The lowest BCUT2D eigenvalue weighted by Gasteiger charge is -2.18. The van der Waals surface area contributed by atoms with Gasteiger partial charge >= 0.3 is 0 Å². The molecular formula is C21H27BrN2O3. The Morgan fingerprint density at radius 3 is 2.70 bits per heavy atom. The number of carbonyl (C=O) groups excluding carboxylic acids is 1. The van der Waals surface area contributed by atoms with Gasteiger partial charge in [-0.3, -0.25) is 4.79 Å². The van der Waals surface area contributed by atoms with Crippen LogP contribution < -0.4 is 14.8 Å². The summed E-state index contributed by atoms with van der Waals surface area (Å²) in [5, 5.41) is 12.4. The van der Waals surface area contributed by atoms with Crippen molar-refractivity contribution in [3.8, 4) is 17.6 Å². The van der Waals surface area contributed by atoms with Gasteiger partial charge in [0.25, 0.3) is 5.91 Å². The van der Waals surface area contributed by atoms with Crippen LogP contribution >= 0.6 is 15.9 Å². The molecule has 6 heteroatoms. The highest BCUT2D eigenvalue weighted by Gasteiger charge is 2.20. The van der Waals surface area contributed by atoms with Gasteiger partial charge in [0.15, 0.2) is 11.5 Å². The van der Waals surface area contributed by atoms with Crippen LogP contribution in [0, 0.1) is 11.3 Å². The molecule has 0 spiro atoms. The van der Waals surface area contributed by atoms with Gasteiger partial charge in [0.05, 0.1) is 17.2 Å². The predicted octanol–water partition coefficient (Wildman–Crippen LogP) is 4.99. The molecule has 1 aliphatic rings. The van der Waals surface area contributed by atoms with Gasteiger partial charge in [-0.25, -0.2) is 0 Å².